The number of hydrogen-bond donors (Lipinski definition) is 1. The Labute approximate surface area is 108 Å². The molecule has 94 valence electrons. The molecule has 2 rings (SSSR count). The maximum atomic E-state index is 13.0. The number of sulfone groups is 1. The monoisotopic (exact) mass is 321 g/mol. The highest BCUT2D eigenvalue weighted by Gasteiger charge is 2.24. The number of rotatable bonds is 2. The van der Waals surface area contributed by atoms with Crippen LogP contribution in [0.4, 0.5) is 10.1 Å². The van der Waals surface area contributed by atoms with Crippen molar-refractivity contribution < 1.29 is 12.8 Å². The van der Waals surface area contributed by atoms with E-state index < -0.39 is 9.84 Å². The van der Waals surface area contributed by atoms with E-state index in [-0.39, 0.29) is 23.4 Å². The molecule has 17 heavy (non-hydrogen) atoms. The molecule has 1 unspecified atom stereocenters. The lowest BCUT2D eigenvalue weighted by Crippen LogP contribution is -2.34. The second kappa shape index (κ2) is 4.94. The van der Waals surface area contributed by atoms with Crippen molar-refractivity contribution in [1.82, 2.24) is 0 Å². The molecule has 1 fully saturated rings. The molecule has 1 aromatic carbocycles. The van der Waals surface area contributed by atoms with Crippen molar-refractivity contribution in [2.24, 2.45) is 0 Å². The van der Waals surface area contributed by atoms with E-state index in [2.05, 4.69) is 21.2 Å². The van der Waals surface area contributed by atoms with Gasteiger partial charge in [-0.15, -0.1) is 0 Å². The molecule has 0 amide bonds. The first kappa shape index (κ1) is 12.8. The van der Waals surface area contributed by atoms with E-state index in [0.29, 0.717) is 10.9 Å². The summed E-state index contributed by atoms with van der Waals surface area (Å²) in [6.07, 6.45) is 1.51. The average molecular weight is 322 g/mol. The van der Waals surface area contributed by atoms with Crippen molar-refractivity contribution >= 4 is 31.5 Å². The second-order valence-electron chi connectivity index (χ2n) is 4.23. The van der Waals surface area contributed by atoms with E-state index in [0.717, 1.165) is 12.1 Å². The molecule has 0 aromatic heterocycles. The fraction of sp³-hybridized carbons (Fsp3) is 0.455. The van der Waals surface area contributed by atoms with Crippen LogP contribution in [0.5, 0.6) is 0 Å². The Morgan fingerprint density at radius 1 is 1.41 bits per heavy atom. The molecule has 6 heteroatoms. The minimum Gasteiger partial charge on any atom is -0.381 e. The molecule has 1 aliphatic rings. The van der Waals surface area contributed by atoms with Crippen molar-refractivity contribution in [2.75, 3.05) is 16.8 Å². The van der Waals surface area contributed by atoms with E-state index in [1.54, 1.807) is 12.1 Å². The summed E-state index contributed by atoms with van der Waals surface area (Å²) >= 11 is 3.10. The first-order valence-electron chi connectivity index (χ1n) is 5.38. The van der Waals surface area contributed by atoms with E-state index in [9.17, 15) is 12.8 Å². The van der Waals surface area contributed by atoms with E-state index >= 15 is 0 Å². The molecule has 1 heterocycles. The number of nitrogens with one attached hydrogen (secondary N) is 1. The second-order valence-corrected chi connectivity index (χ2v) is 7.31. The normalized spacial score (nSPS) is 23.3. The van der Waals surface area contributed by atoms with Gasteiger partial charge in [-0.3, -0.25) is 0 Å². The van der Waals surface area contributed by atoms with Crippen LogP contribution in [-0.2, 0) is 9.84 Å². The zero-order valence-corrected chi connectivity index (χ0v) is 11.5. The van der Waals surface area contributed by atoms with Gasteiger partial charge in [0.15, 0.2) is 9.84 Å². The quantitative estimate of drug-likeness (QED) is 0.910. The molecule has 1 aliphatic heterocycles. The molecule has 1 atom stereocenters. The van der Waals surface area contributed by atoms with Crippen molar-refractivity contribution in [3.05, 3.63) is 28.5 Å². The lowest BCUT2D eigenvalue weighted by Gasteiger charge is -2.24. The summed E-state index contributed by atoms with van der Waals surface area (Å²) in [6, 6.07) is 4.51. The third-order valence-electron chi connectivity index (χ3n) is 2.75. The minimum absolute atomic E-state index is 0.0777. The van der Waals surface area contributed by atoms with Crippen molar-refractivity contribution in [2.45, 2.75) is 18.9 Å². The molecule has 3 nitrogen and oxygen atoms in total. The Balaban J connectivity index is 2.08. The van der Waals surface area contributed by atoms with Crippen LogP contribution in [0.1, 0.15) is 12.8 Å². The summed E-state index contributed by atoms with van der Waals surface area (Å²) in [7, 11) is -2.92. The highest BCUT2D eigenvalue weighted by Crippen LogP contribution is 2.22. The predicted octanol–water partition coefficient (Wildman–Crippen LogP) is 2.58. The minimum atomic E-state index is -2.92. The molecule has 1 saturated heterocycles. The Hall–Kier alpha value is -0.620. The van der Waals surface area contributed by atoms with E-state index in [4.69, 9.17) is 0 Å². The number of benzene rings is 1. The zero-order chi connectivity index (χ0) is 12.5. The summed E-state index contributed by atoms with van der Waals surface area (Å²) in [6.45, 7) is 0. The van der Waals surface area contributed by atoms with Crippen LogP contribution in [-0.4, -0.2) is 26.0 Å². The van der Waals surface area contributed by atoms with Crippen LogP contribution < -0.4 is 5.32 Å². The Bertz CT molecular complexity index is 518. The van der Waals surface area contributed by atoms with Crippen molar-refractivity contribution in [3.8, 4) is 0 Å². The highest BCUT2D eigenvalue weighted by molar-refractivity contribution is 9.10. The van der Waals surface area contributed by atoms with Crippen molar-refractivity contribution in [1.29, 1.82) is 0 Å². The van der Waals surface area contributed by atoms with Gasteiger partial charge in [-0.2, -0.15) is 0 Å². The summed E-state index contributed by atoms with van der Waals surface area (Å²) < 4.78 is 36.3. The van der Waals surface area contributed by atoms with Crippen LogP contribution in [0.2, 0.25) is 0 Å². The molecule has 0 spiro atoms. The SMILES string of the molecule is O=S1(=O)CCCC(Nc2ccc(F)c(Br)c2)C1. The maximum Gasteiger partial charge on any atom is 0.152 e. The highest BCUT2D eigenvalue weighted by atomic mass is 79.9. The fourth-order valence-corrected chi connectivity index (χ4v) is 3.97. The van der Waals surface area contributed by atoms with Crippen LogP contribution in [0.25, 0.3) is 0 Å². The number of hydrogen-bond acceptors (Lipinski definition) is 3. The number of halogens is 2. The maximum absolute atomic E-state index is 13.0. The van der Waals surface area contributed by atoms with Gasteiger partial charge >= 0.3 is 0 Å². The Morgan fingerprint density at radius 2 is 2.18 bits per heavy atom. The third-order valence-corrected chi connectivity index (χ3v) is 5.18. The fourth-order valence-electron chi connectivity index (χ4n) is 1.96. The molecule has 0 aliphatic carbocycles. The molecular formula is C11H13BrFNO2S. The smallest absolute Gasteiger partial charge is 0.152 e. The molecule has 1 N–H and O–H groups in total. The third kappa shape index (κ3) is 3.42. The topological polar surface area (TPSA) is 46.2 Å². The molecule has 0 saturated carbocycles. The lowest BCUT2D eigenvalue weighted by atomic mass is 10.1. The van der Waals surface area contributed by atoms with Crippen LogP contribution in [0.3, 0.4) is 0 Å². The summed E-state index contributed by atoms with van der Waals surface area (Å²) in [5.74, 6) is 0.104. The summed E-state index contributed by atoms with van der Waals surface area (Å²) in [5, 5.41) is 3.13. The van der Waals surface area contributed by atoms with Gasteiger partial charge in [-0.25, -0.2) is 12.8 Å². The van der Waals surface area contributed by atoms with Gasteiger partial charge in [0.25, 0.3) is 0 Å². The first-order valence-corrected chi connectivity index (χ1v) is 8.00. The van der Waals surface area contributed by atoms with Gasteiger partial charge in [0.1, 0.15) is 5.82 Å². The standard InChI is InChI=1S/C11H13BrFNO2S/c12-10-6-8(3-4-11(10)13)14-9-2-1-5-17(15,16)7-9/h3-4,6,9,14H,1-2,5,7H2. The predicted molar refractivity (Wildman–Crippen MR) is 69.4 cm³/mol. The molecule has 0 radical (unpaired) electrons. The Kier molecular flexibility index (Phi) is 3.73. The largest absolute Gasteiger partial charge is 0.381 e. The van der Waals surface area contributed by atoms with Gasteiger partial charge in [-0.05, 0) is 47.0 Å². The van der Waals surface area contributed by atoms with Gasteiger partial charge in [0.2, 0.25) is 0 Å². The summed E-state index contributed by atoms with van der Waals surface area (Å²) in [4.78, 5) is 0. The molecule has 0 bridgehead atoms. The lowest BCUT2D eigenvalue weighted by molar-refractivity contribution is 0.562. The van der Waals surface area contributed by atoms with Gasteiger partial charge in [0.05, 0.1) is 16.0 Å². The molecular weight excluding hydrogens is 309 g/mol. The van der Waals surface area contributed by atoms with E-state index in [1.807, 2.05) is 0 Å². The van der Waals surface area contributed by atoms with Crippen LogP contribution in [0, 0.1) is 5.82 Å². The zero-order valence-electron chi connectivity index (χ0n) is 9.12. The number of anilines is 1. The van der Waals surface area contributed by atoms with Gasteiger partial charge < -0.3 is 5.32 Å². The van der Waals surface area contributed by atoms with Gasteiger partial charge in [-0.1, -0.05) is 0 Å². The van der Waals surface area contributed by atoms with Gasteiger partial charge in [0, 0.05) is 11.7 Å². The average Bonchev–Trinajstić information content (AvgIpc) is 2.22. The first-order chi connectivity index (χ1) is 7.96. The molecule has 1 aromatic rings. The van der Waals surface area contributed by atoms with E-state index in [1.165, 1.54) is 6.07 Å². The summed E-state index contributed by atoms with van der Waals surface area (Å²) in [5.41, 5.74) is 0.736. The van der Waals surface area contributed by atoms with Crippen LogP contribution in [0.15, 0.2) is 22.7 Å². The Morgan fingerprint density at radius 3 is 2.82 bits per heavy atom. The van der Waals surface area contributed by atoms with Crippen molar-refractivity contribution in [3.63, 3.8) is 0 Å². The van der Waals surface area contributed by atoms with Crippen LogP contribution >= 0.6 is 15.9 Å².